The van der Waals surface area contributed by atoms with Gasteiger partial charge in [-0.25, -0.2) is 0 Å². The van der Waals surface area contributed by atoms with Crippen LogP contribution in [0.25, 0.3) is 0 Å². The summed E-state index contributed by atoms with van der Waals surface area (Å²) in [7, 11) is 0. The highest BCUT2D eigenvalue weighted by atomic mass is 16.2. The molecule has 0 unspecified atom stereocenters. The molecule has 1 aliphatic rings. The topological polar surface area (TPSA) is 46.3 Å². The van der Waals surface area contributed by atoms with Gasteiger partial charge < -0.3 is 10.6 Å². The smallest absolute Gasteiger partial charge is 0.239 e. The van der Waals surface area contributed by atoms with Crippen LogP contribution in [-0.2, 0) is 4.79 Å². The fourth-order valence-electron chi connectivity index (χ4n) is 2.38. The van der Waals surface area contributed by atoms with Crippen molar-refractivity contribution in [3.63, 3.8) is 0 Å². The number of nitrogens with zero attached hydrogens (tertiary/aromatic N) is 1. The molecule has 16 heavy (non-hydrogen) atoms. The van der Waals surface area contributed by atoms with Gasteiger partial charge in [-0.2, -0.15) is 0 Å². The molecule has 0 saturated heterocycles. The molecule has 1 saturated carbocycles. The van der Waals surface area contributed by atoms with Crippen LogP contribution >= 0.6 is 0 Å². The lowest BCUT2D eigenvalue weighted by molar-refractivity contribution is -0.132. The van der Waals surface area contributed by atoms with E-state index < -0.39 is 6.04 Å². The third-order valence-corrected chi connectivity index (χ3v) is 3.25. The number of hydrogen-bond donors (Lipinski definition) is 1. The molecule has 2 N–H and O–H groups in total. The lowest BCUT2D eigenvalue weighted by Crippen LogP contribution is -2.44. The molecule has 0 aliphatic heterocycles. The van der Waals surface area contributed by atoms with Crippen LogP contribution in [0.15, 0.2) is 12.7 Å². The van der Waals surface area contributed by atoms with Crippen molar-refractivity contribution < 1.29 is 4.79 Å². The van der Waals surface area contributed by atoms with Crippen molar-refractivity contribution in [2.45, 2.75) is 45.1 Å². The predicted molar refractivity (Wildman–Crippen MR) is 67.0 cm³/mol. The summed E-state index contributed by atoms with van der Waals surface area (Å²) >= 11 is 0. The molecule has 0 spiro atoms. The van der Waals surface area contributed by atoms with Gasteiger partial charge in [0.1, 0.15) is 0 Å². The van der Waals surface area contributed by atoms with E-state index in [0.29, 0.717) is 12.5 Å². The largest absolute Gasteiger partial charge is 0.337 e. The number of rotatable bonds is 5. The molecule has 1 rings (SSSR count). The van der Waals surface area contributed by atoms with Gasteiger partial charge in [0.2, 0.25) is 5.91 Å². The van der Waals surface area contributed by atoms with Gasteiger partial charge in [0, 0.05) is 13.1 Å². The van der Waals surface area contributed by atoms with Crippen LogP contribution in [0.4, 0.5) is 0 Å². The molecule has 0 heterocycles. The van der Waals surface area contributed by atoms with E-state index in [1.165, 1.54) is 32.1 Å². The minimum atomic E-state index is -0.399. The second kappa shape index (κ2) is 6.69. The van der Waals surface area contributed by atoms with E-state index >= 15 is 0 Å². The number of hydrogen-bond acceptors (Lipinski definition) is 2. The van der Waals surface area contributed by atoms with Crippen molar-refractivity contribution >= 4 is 5.91 Å². The minimum absolute atomic E-state index is 0.0467. The quantitative estimate of drug-likeness (QED) is 0.725. The van der Waals surface area contributed by atoms with E-state index in [1.54, 1.807) is 13.0 Å². The normalized spacial score (nSPS) is 19.1. The molecule has 0 aromatic heterocycles. The van der Waals surface area contributed by atoms with Gasteiger partial charge in [-0.15, -0.1) is 6.58 Å². The third kappa shape index (κ3) is 3.97. The predicted octanol–water partition coefficient (Wildman–Crippen LogP) is 1.93. The maximum atomic E-state index is 11.9. The molecule has 0 aromatic rings. The first-order valence-corrected chi connectivity index (χ1v) is 6.30. The SMILES string of the molecule is C=CCN(CC1CCCCC1)C(=O)[C@H](C)N. The molecule has 0 aromatic carbocycles. The van der Waals surface area contributed by atoms with E-state index in [-0.39, 0.29) is 5.91 Å². The lowest BCUT2D eigenvalue weighted by atomic mass is 9.89. The van der Waals surface area contributed by atoms with Gasteiger partial charge in [-0.3, -0.25) is 4.79 Å². The van der Waals surface area contributed by atoms with Gasteiger partial charge in [-0.1, -0.05) is 25.3 Å². The maximum Gasteiger partial charge on any atom is 0.239 e. The highest BCUT2D eigenvalue weighted by Gasteiger charge is 2.21. The number of carbonyl (C=O) groups excluding carboxylic acids is 1. The monoisotopic (exact) mass is 224 g/mol. The van der Waals surface area contributed by atoms with E-state index in [9.17, 15) is 4.79 Å². The first-order chi connectivity index (χ1) is 7.65. The zero-order valence-corrected chi connectivity index (χ0v) is 10.3. The Morgan fingerprint density at radius 3 is 2.62 bits per heavy atom. The molecule has 1 atom stereocenters. The molecular formula is C13H24N2O. The summed E-state index contributed by atoms with van der Waals surface area (Å²) < 4.78 is 0. The number of amides is 1. The zero-order chi connectivity index (χ0) is 12.0. The van der Waals surface area contributed by atoms with Crippen molar-refractivity contribution in [2.24, 2.45) is 11.7 Å². The zero-order valence-electron chi connectivity index (χ0n) is 10.3. The Hall–Kier alpha value is -0.830. The summed E-state index contributed by atoms with van der Waals surface area (Å²) in [5, 5.41) is 0. The molecule has 0 bridgehead atoms. The van der Waals surface area contributed by atoms with Crippen LogP contribution in [0.5, 0.6) is 0 Å². The molecular weight excluding hydrogens is 200 g/mol. The van der Waals surface area contributed by atoms with Crippen molar-refractivity contribution in [1.82, 2.24) is 4.90 Å². The van der Waals surface area contributed by atoms with Crippen molar-refractivity contribution in [3.8, 4) is 0 Å². The van der Waals surface area contributed by atoms with Crippen molar-refractivity contribution in [2.75, 3.05) is 13.1 Å². The Morgan fingerprint density at radius 2 is 2.12 bits per heavy atom. The Labute approximate surface area is 98.7 Å². The van der Waals surface area contributed by atoms with E-state index in [1.807, 2.05) is 4.90 Å². The van der Waals surface area contributed by atoms with E-state index in [2.05, 4.69) is 6.58 Å². The van der Waals surface area contributed by atoms with Crippen LogP contribution < -0.4 is 5.73 Å². The Morgan fingerprint density at radius 1 is 1.50 bits per heavy atom. The highest BCUT2D eigenvalue weighted by Crippen LogP contribution is 2.24. The molecule has 92 valence electrons. The molecule has 3 nitrogen and oxygen atoms in total. The van der Waals surface area contributed by atoms with E-state index in [4.69, 9.17) is 5.73 Å². The van der Waals surface area contributed by atoms with Gasteiger partial charge in [0.15, 0.2) is 0 Å². The third-order valence-electron chi connectivity index (χ3n) is 3.25. The van der Waals surface area contributed by atoms with E-state index in [0.717, 1.165) is 6.54 Å². The van der Waals surface area contributed by atoms with Crippen LogP contribution in [0.2, 0.25) is 0 Å². The fourth-order valence-corrected chi connectivity index (χ4v) is 2.38. The van der Waals surface area contributed by atoms with Crippen LogP contribution in [0, 0.1) is 5.92 Å². The molecule has 3 heteroatoms. The van der Waals surface area contributed by atoms with Crippen LogP contribution in [0.3, 0.4) is 0 Å². The summed E-state index contributed by atoms with van der Waals surface area (Å²) in [6.45, 7) is 6.93. The summed E-state index contributed by atoms with van der Waals surface area (Å²) in [4.78, 5) is 13.7. The summed E-state index contributed by atoms with van der Waals surface area (Å²) in [6.07, 6.45) is 8.24. The van der Waals surface area contributed by atoms with Gasteiger partial charge in [-0.05, 0) is 25.7 Å². The summed E-state index contributed by atoms with van der Waals surface area (Å²) in [5.74, 6) is 0.710. The molecule has 1 aliphatic carbocycles. The summed E-state index contributed by atoms with van der Waals surface area (Å²) in [6, 6.07) is -0.399. The first-order valence-electron chi connectivity index (χ1n) is 6.30. The second-order valence-corrected chi connectivity index (χ2v) is 4.82. The Balaban J connectivity index is 2.48. The van der Waals surface area contributed by atoms with Gasteiger partial charge in [0.05, 0.1) is 6.04 Å². The van der Waals surface area contributed by atoms with Crippen LogP contribution in [0.1, 0.15) is 39.0 Å². The average molecular weight is 224 g/mol. The first kappa shape index (κ1) is 13.2. The molecule has 1 fully saturated rings. The average Bonchev–Trinajstić information content (AvgIpc) is 2.29. The summed E-state index contributed by atoms with van der Waals surface area (Å²) in [5.41, 5.74) is 5.65. The fraction of sp³-hybridized carbons (Fsp3) is 0.769. The Kier molecular flexibility index (Phi) is 5.53. The van der Waals surface area contributed by atoms with Crippen molar-refractivity contribution in [3.05, 3.63) is 12.7 Å². The highest BCUT2D eigenvalue weighted by molar-refractivity contribution is 5.81. The van der Waals surface area contributed by atoms with Gasteiger partial charge in [0.25, 0.3) is 0 Å². The second-order valence-electron chi connectivity index (χ2n) is 4.82. The molecule has 0 radical (unpaired) electrons. The van der Waals surface area contributed by atoms with Crippen molar-refractivity contribution in [1.29, 1.82) is 0 Å². The number of nitrogens with two attached hydrogens (primary N) is 1. The molecule has 1 amide bonds. The van der Waals surface area contributed by atoms with Crippen LogP contribution in [-0.4, -0.2) is 29.9 Å². The maximum absolute atomic E-state index is 11.9. The minimum Gasteiger partial charge on any atom is -0.337 e. The lowest BCUT2D eigenvalue weighted by Gasteiger charge is -2.30. The van der Waals surface area contributed by atoms with Gasteiger partial charge >= 0.3 is 0 Å². The number of carbonyl (C=O) groups is 1. The standard InChI is InChI=1S/C13H24N2O/c1-3-9-15(13(16)11(2)14)10-12-7-5-4-6-8-12/h3,11-12H,1,4-10,14H2,2H3/t11-/m0/s1. The Bertz CT molecular complexity index is 232.